The van der Waals surface area contributed by atoms with Crippen molar-refractivity contribution in [1.29, 1.82) is 0 Å². The van der Waals surface area contributed by atoms with Gasteiger partial charge in [-0.25, -0.2) is 0 Å². The van der Waals surface area contributed by atoms with E-state index >= 15 is 0 Å². The molecular weight excluding hydrogens is 268 g/mol. The van der Waals surface area contributed by atoms with Crippen LogP contribution in [0.2, 0.25) is 0 Å². The maximum absolute atomic E-state index is 11.3. The third-order valence-electron chi connectivity index (χ3n) is 3.88. The van der Waals surface area contributed by atoms with E-state index in [1.165, 1.54) is 7.11 Å². The molecule has 0 radical (unpaired) electrons. The molecule has 0 bridgehead atoms. The second-order valence-electron chi connectivity index (χ2n) is 5.43. The van der Waals surface area contributed by atoms with Crippen LogP contribution in [-0.2, 0) is 9.53 Å². The molecule has 1 unspecified atom stereocenters. The first-order valence-electron chi connectivity index (χ1n) is 7.43. The van der Waals surface area contributed by atoms with E-state index in [9.17, 15) is 9.90 Å². The Morgan fingerprint density at radius 3 is 2.57 bits per heavy atom. The molecule has 1 aliphatic heterocycles. The van der Waals surface area contributed by atoms with Gasteiger partial charge in [-0.1, -0.05) is 30.3 Å². The van der Waals surface area contributed by atoms with E-state index < -0.39 is 6.10 Å². The van der Waals surface area contributed by atoms with Gasteiger partial charge in [0, 0.05) is 26.2 Å². The van der Waals surface area contributed by atoms with Crippen molar-refractivity contribution >= 4 is 5.97 Å². The summed E-state index contributed by atoms with van der Waals surface area (Å²) in [6.07, 6.45) is 0.539. The third kappa shape index (κ3) is 5.12. The number of carbonyl (C=O) groups excluding carboxylic acids is 1. The number of benzene rings is 1. The fourth-order valence-electron chi connectivity index (χ4n) is 2.64. The van der Waals surface area contributed by atoms with Crippen LogP contribution in [0.15, 0.2) is 30.3 Å². The first kappa shape index (κ1) is 15.9. The van der Waals surface area contributed by atoms with Gasteiger partial charge >= 0.3 is 5.97 Å². The van der Waals surface area contributed by atoms with Crippen molar-refractivity contribution in [3.63, 3.8) is 0 Å². The van der Waals surface area contributed by atoms with Crippen molar-refractivity contribution in [3.8, 4) is 0 Å². The number of aliphatic hydroxyl groups excluding tert-OH is 1. The minimum absolute atomic E-state index is 0.187. The van der Waals surface area contributed by atoms with Crippen LogP contribution in [0.4, 0.5) is 0 Å². The van der Waals surface area contributed by atoms with E-state index in [0.29, 0.717) is 13.1 Å². The summed E-state index contributed by atoms with van der Waals surface area (Å²) < 4.78 is 4.71. The lowest BCUT2D eigenvalue weighted by atomic mass is 10.1. The lowest BCUT2D eigenvalue weighted by Gasteiger charge is -2.23. The van der Waals surface area contributed by atoms with Gasteiger partial charge < -0.3 is 9.84 Å². The lowest BCUT2D eigenvalue weighted by Crippen LogP contribution is -2.35. The molecule has 116 valence electrons. The Hall–Kier alpha value is -1.43. The van der Waals surface area contributed by atoms with E-state index in [4.69, 9.17) is 4.74 Å². The molecule has 0 saturated carbocycles. The number of β-amino-alcohol motifs (C(OH)–C–C–N with tert-alkyl or cyclic N) is 1. The highest BCUT2D eigenvalue weighted by Crippen LogP contribution is 2.15. The molecule has 1 fully saturated rings. The number of carbonyl (C=O) groups is 1. The lowest BCUT2D eigenvalue weighted by molar-refractivity contribution is -0.141. The molecule has 1 aliphatic rings. The Bertz CT molecular complexity index is 438. The van der Waals surface area contributed by atoms with Gasteiger partial charge in [-0.15, -0.1) is 0 Å². The first-order chi connectivity index (χ1) is 10.2. The zero-order valence-corrected chi connectivity index (χ0v) is 12.6. The SMILES string of the molecule is COC(=O)CN1CCCN(CC(O)c2ccccc2)CC1. The molecule has 1 atom stereocenters. The molecule has 1 aromatic carbocycles. The van der Waals surface area contributed by atoms with Crippen LogP contribution in [0, 0.1) is 0 Å². The highest BCUT2D eigenvalue weighted by atomic mass is 16.5. The molecule has 21 heavy (non-hydrogen) atoms. The van der Waals surface area contributed by atoms with E-state index in [0.717, 1.165) is 38.2 Å². The number of methoxy groups -OCH3 is 1. The summed E-state index contributed by atoms with van der Waals surface area (Å²) in [7, 11) is 1.42. The van der Waals surface area contributed by atoms with Crippen molar-refractivity contribution in [1.82, 2.24) is 9.80 Å². The summed E-state index contributed by atoms with van der Waals surface area (Å²) in [5.74, 6) is -0.187. The maximum atomic E-state index is 11.3. The number of nitrogens with zero attached hydrogens (tertiary/aromatic N) is 2. The number of rotatable bonds is 5. The molecule has 1 saturated heterocycles. The third-order valence-corrected chi connectivity index (χ3v) is 3.88. The fraction of sp³-hybridized carbons (Fsp3) is 0.562. The smallest absolute Gasteiger partial charge is 0.319 e. The second kappa shape index (κ2) is 8.12. The normalized spacial score (nSPS) is 19.0. The molecule has 5 heteroatoms. The standard InChI is InChI=1S/C16H24N2O3/c1-21-16(20)13-18-9-5-8-17(10-11-18)12-15(19)14-6-3-2-4-7-14/h2-4,6-7,15,19H,5,8-13H2,1H3. The van der Waals surface area contributed by atoms with Gasteiger partial charge in [0.15, 0.2) is 0 Å². The maximum Gasteiger partial charge on any atom is 0.319 e. The molecular formula is C16H24N2O3. The van der Waals surface area contributed by atoms with Gasteiger partial charge in [0.1, 0.15) is 0 Å². The Morgan fingerprint density at radius 1 is 1.19 bits per heavy atom. The van der Waals surface area contributed by atoms with Gasteiger partial charge in [0.25, 0.3) is 0 Å². The largest absolute Gasteiger partial charge is 0.468 e. The van der Waals surface area contributed by atoms with Crippen LogP contribution >= 0.6 is 0 Å². The summed E-state index contributed by atoms with van der Waals surface area (Å²) in [4.78, 5) is 15.7. The molecule has 0 aromatic heterocycles. The Morgan fingerprint density at radius 2 is 1.86 bits per heavy atom. The van der Waals surface area contributed by atoms with Crippen LogP contribution in [0.25, 0.3) is 0 Å². The van der Waals surface area contributed by atoms with Crippen LogP contribution in [0.5, 0.6) is 0 Å². The zero-order valence-electron chi connectivity index (χ0n) is 12.6. The molecule has 0 amide bonds. The molecule has 0 spiro atoms. The topological polar surface area (TPSA) is 53.0 Å². The molecule has 2 rings (SSSR count). The van der Waals surface area contributed by atoms with Gasteiger partial charge in [-0.2, -0.15) is 0 Å². The molecule has 1 heterocycles. The second-order valence-corrected chi connectivity index (χ2v) is 5.43. The summed E-state index contributed by atoms with van der Waals surface area (Å²) in [5, 5.41) is 10.3. The molecule has 5 nitrogen and oxygen atoms in total. The van der Waals surface area contributed by atoms with Gasteiger partial charge in [-0.3, -0.25) is 14.6 Å². The Labute approximate surface area is 126 Å². The van der Waals surface area contributed by atoms with Crippen molar-refractivity contribution in [2.45, 2.75) is 12.5 Å². The average molecular weight is 292 g/mol. The van der Waals surface area contributed by atoms with Gasteiger partial charge in [0.05, 0.1) is 19.8 Å². The highest BCUT2D eigenvalue weighted by Gasteiger charge is 2.19. The minimum Gasteiger partial charge on any atom is -0.468 e. The predicted octanol–water partition coefficient (Wildman–Crippen LogP) is 0.901. The van der Waals surface area contributed by atoms with Crippen LogP contribution < -0.4 is 0 Å². The molecule has 0 aliphatic carbocycles. The highest BCUT2D eigenvalue weighted by molar-refractivity contribution is 5.71. The van der Waals surface area contributed by atoms with E-state index in [1.807, 2.05) is 30.3 Å². The van der Waals surface area contributed by atoms with Crippen LogP contribution in [-0.4, -0.2) is 67.3 Å². The van der Waals surface area contributed by atoms with E-state index in [1.54, 1.807) is 0 Å². The first-order valence-corrected chi connectivity index (χ1v) is 7.43. The minimum atomic E-state index is -0.460. The molecule has 1 aromatic rings. The van der Waals surface area contributed by atoms with Crippen LogP contribution in [0.1, 0.15) is 18.1 Å². The Kier molecular flexibility index (Phi) is 6.17. The zero-order chi connectivity index (χ0) is 15.1. The summed E-state index contributed by atoms with van der Waals surface area (Å²) in [6, 6.07) is 9.74. The van der Waals surface area contributed by atoms with Gasteiger partial charge in [0.2, 0.25) is 0 Å². The summed E-state index contributed by atoms with van der Waals surface area (Å²) >= 11 is 0. The number of ether oxygens (including phenoxy) is 1. The summed E-state index contributed by atoms with van der Waals surface area (Å²) in [5.41, 5.74) is 0.952. The number of hydrogen-bond donors (Lipinski definition) is 1. The van der Waals surface area contributed by atoms with Gasteiger partial charge in [-0.05, 0) is 18.5 Å². The Balaban J connectivity index is 1.81. The number of hydrogen-bond acceptors (Lipinski definition) is 5. The summed E-state index contributed by atoms with van der Waals surface area (Å²) in [6.45, 7) is 4.52. The van der Waals surface area contributed by atoms with Crippen molar-refractivity contribution in [2.24, 2.45) is 0 Å². The van der Waals surface area contributed by atoms with E-state index in [-0.39, 0.29) is 5.97 Å². The predicted molar refractivity (Wildman–Crippen MR) is 80.9 cm³/mol. The van der Waals surface area contributed by atoms with Crippen molar-refractivity contribution < 1.29 is 14.6 Å². The van der Waals surface area contributed by atoms with Crippen molar-refractivity contribution in [3.05, 3.63) is 35.9 Å². The number of aliphatic hydroxyl groups is 1. The molecule has 1 N–H and O–H groups in total. The quantitative estimate of drug-likeness (QED) is 0.817. The monoisotopic (exact) mass is 292 g/mol. The number of esters is 1. The average Bonchev–Trinajstić information content (AvgIpc) is 2.73. The van der Waals surface area contributed by atoms with E-state index in [2.05, 4.69) is 9.80 Å². The fourth-order valence-corrected chi connectivity index (χ4v) is 2.64. The van der Waals surface area contributed by atoms with Crippen LogP contribution in [0.3, 0.4) is 0 Å². The van der Waals surface area contributed by atoms with Crippen molar-refractivity contribution in [2.75, 3.05) is 46.4 Å².